The predicted octanol–water partition coefficient (Wildman–Crippen LogP) is 1.70. The first kappa shape index (κ1) is 11.8. The molecule has 1 atom stereocenters. The van der Waals surface area contributed by atoms with Crippen LogP contribution in [0.3, 0.4) is 0 Å². The number of hydrogen-bond donors (Lipinski definition) is 1. The van der Waals surface area contributed by atoms with Crippen LogP contribution < -0.4 is 14.8 Å². The van der Waals surface area contributed by atoms with Crippen molar-refractivity contribution < 1.29 is 14.3 Å². The molecule has 17 heavy (non-hydrogen) atoms. The Morgan fingerprint density at radius 3 is 3.12 bits per heavy atom. The van der Waals surface area contributed by atoms with Gasteiger partial charge in [-0.25, -0.2) is 0 Å². The fraction of sp³-hybridized carbons (Fsp3) is 0.462. The van der Waals surface area contributed by atoms with Crippen molar-refractivity contribution in [2.45, 2.75) is 19.3 Å². The van der Waals surface area contributed by atoms with Gasteiger partial charge in [-0.2, -0.15) is 0 Å². The molecule has 0 spiro atoms. The number of benzene rings is 1. The minimum absolute atomic E-state index is 0.00607. The molecule has 1 unspecified atom stereocenters. The number of carbonyl (C=O) groups excluding carboxylic acids is 1. The second-order valence-electron chi connectivity index (χ2n) is 4.17. The lowest BCUT2D eigenvalue weighted by atomic mass is 9.93. The first-order valence-electron chi connectivity index (χ1n) is 5.76. The van der Waals surface area contributed by atoms with Gasteiger partial charge in [0.2, 0.25) is 5.91 Å². The quantitative estimate of drug-likeness (QED) is 0.867. The molecule has 1 aliphatic heterocycles. The Morgan fingerprint density at radius 2 is 2.41 bits per heavy atom. The Kier molecular flexibility index (Phi) is 3.52. The van der Waals surface area contributed by atoms with E-state index in [1.54, 1.807) is 7.11 Å². The number of amides is 1. The van der Waals surface area contributed by atoms with Crippen molar-refractivity contribution in [3.8, 4) is 11.5 Å². The van der Waals surface area contributed by atoms with Gasteiger partial charge in [-0.05, 0) is 18.1 Å². The molecule has 2 rings (SSSR count). The molecular weight excluding hydrogens is 218 g/mol. The molecule has 92 valence electrons. The zero-order valence-corrected chi connectivity index (χ0v) is 10.2. The van der Waals surface area contributed by atoms with Gasteiger partial charge in [0.25, 0.3) is 0 Å². The lowest BCUT2D eigenvalue weighted by molar-refractivity contribution is -0.119. The van der Waals surface area contributed by atoms with Gasteiger partial charge in [0.15, 0.2) is 0 Å². The molecule has 1 N–H and O–H groups in total. The number of rotatable bonds is 3. The normalized spacial score (nSPS) is 17.9. The van der Waals surface area contributed by atoms with Gasteiger partial charge in [-0.1, -0.05) is 6.07 Å². The monoisotopic (exact) mass is 235 g/mol. The summed E-state index contributed by atoms with van der Waals surface area (Å²) >= 11 is 0. The summed E-state index contributed by atoms with van der Waals surface area (Å²) in [6.07, 6.45) is 0.930. The van der Waals surface area contributed by atoms with Gasteiger partial charge in [-0.3, -0.25) is 4.79 Å². The number of hydrogen-bond acceptors (Lipinski definition) is 3. The maximum atomic E-state index is 10.9. The van der Waals surface area contributed by atoms with Gasteiger partial charge < -0.3 is 14.8 Å². The summed E-state index contributed by atoms with van der Waals surface area (Å²) in [5.41, 5.74) is 1.14. The molecule has 1 heterocycles. The molecule has 0 aromatic heterocycles. The van der Waals surface area contributed by atoms with Crippen molar-refractivity contribution in [1.29, 1.82) is 0 Å². The summed E-state index contributed by atoms with van der Waals surface area (Å²) in [5.74, 6) is 2.00. The smallest absolute Gasteiger partial charge is 0.216 e. The van der Waals surface area contributed by atoms with E-state index in [4.69, 9.17) is 9.47 Å². The highest BCUT2D eigenvalue weighted by Crippen LogP contribution is 2.35. The summed E-state index contributed by atoms with van der Waals surface area (Å²) in [4.78, 5) is 10.9. The van der Waals surface area contributed by atoms with Crippen LogP contribution in [0.2, 0.25) is 0 Å². The molecule has 0 aliphatic carbocycles. The van der Waals surface area contributed by atoms with E-state index in [0.717, 1.165) is 23.5 Å². The van der Waals surface area contributed by atoms with Crippen molar-refractivity contribution >= 4 is 5.91 Å². The first-order chi connectivity index (χ1) is 8.20. The molecule has 0 fully saturated rings. The van der Waals surface area contributed by atoms with E-state index in [-0.39, 0.29) is 5.91 Å². The molecule has 0 saturated carbocycles. The van der Waals surface area contributed by atoms with Gasteiger partial charge in [0, 0.05) is 25.5 Å². The van der Waals surface area contributed by atoms with Crippen molar-refractivity contribution in [3.05, 3.63) is 23.8 Å². The molecule has 4 nitrogen and oxygen atoms in total. The van der Waals surface area contributed by atoms with Crippen molar-refractivity contribution in [3.63, 3.8) is 0 Å². The SMILES string of the molecule is COc1ccc2c(c1)OCCC2CNC(C)=O. The second kappa shape index (κ2) is 5.08. The van der Waals surface area contributed by atoms with Crippen LogP contribution in [0, 0.1) is 0 Å². The zero-order chi connectivity index (χ0) is 12.3. The van der Waals surface area contributed by atoms with E-state index in [2.05, 4.69) is 5.32 Å². The van der Waals surface area contributed by atoms with Crippen LogP contribution in [0.25, 0.3) is 0 Å². The molecule has 0 radical (unpaired) electrons. The lowest BCUT2D eigenvalue weighted by Gasteiger charge is -2.26. The van der Waals surface area contributed by atoms with Gasteiger partial charge in [0.1, 0.15) is 11.5 Å². The minimum Gasteiger partial charge on any atom is -0.497 e. The van der Waals surface area contributed by atoms with Gasteiger partial charge >= 0.3 is 0 Å². The van der Waals surface area contributed by atoms with Crippen LogP contribution >= 0.6 is 0 Å². The number of fused-ring (bicyclic) bond motifs is 1. The molecule has 1 amide bonds. The first-order valence-corrected chi connectivity index (χ1v) is 5.76. The van der Waals surface area contributed by atoms with Gasteiger partial charge in [0.05, 0.1) is 13.7 Å². The highest BCUT2D eigenvalue weighted by molar-refractivity contribution is 5.72. The Labute approximate surface area is 101 Å². The highest BCUT2D eigenvalue weighted by atomic mass is 16.5. The third-order valence-electron chi connectivity index (χ3n) is 2.98. The zero-order valence-electron chi connectivity index (χ0n) is 10.2. The molecule has 4 heteroatoms. The van der Waals surface area contributed by atoms with Crippen LogP contribution in [-0.4, -0.2) is 26.2 Å². The summed E-state index contributed by atoms with van der Waals surface area (Å²) < 4.78 is 10.8. The van der Waals surface area contributed by atoms with Crippen LogP contribution in [0.5, 0.6) is 11.5 Å². The van der Waals surface area contributed by atoms with Crippen molar-refractivity contribution in [1.82, 2.24) is 5.32 Å². The maximum Gasteiger partial charge on any atom is 0.216 e. The second-order valence-corrected chi connectivity index (χ2v) is 4.17. The summed E-state index contributed by atoms with van der Waals surface area (Å²) in [7, 11) is 1.64. The van der Waals surface area contributed by atoms with E-state index in [9.17, 15) is 4.79 Å². The van der Waals surface area contributed by atoms with E-state index < -0.39 is 0 Å². The third kappa shape index (κ3) is 2.70. The molecule has 1 aliphatic rings. The minimum atomic E-state index is 0.00607. The molecule has 1 aromatic carbocycles. The number of nitrogens with one attached hydrogen (secondary N) is 1. The Morgan fingerprint density at radius 1 is 1.59 bits per heavy atom. The van der Waals surface area contributed by atoms with E-state index in [0.29, 0.717) is 19.1 Å². The Bertz CT molecular complexity index is 417. The van der Waals surface area contributed by atoms with Crippen molar-refractivity contribution in [2.24, 2.45) is 0 Å². The average molecular weight is 235 g/mol. The summed E-state index contributed by atoms with van der Waals surface area (Å²) in [6, 6.07) is 5.84. The summed E-state index contributed by atoms with van der Waals surface area (Å²) in [6.45, 7) is 2.89. The number of carbonyl (C=O) groups is 1. The number of ether oxygens (including phenoxy) is 2. The third-order valence-corrected chi connectivity index (χ3v) is 2.98. The Hall–Kier alpha value is -1.71. The van der Waals surface area contributed by atoms with Crippen LogP contribution in [0.1, 0.15) is 24.8 Å². The molecule has 0 bridgehead atoms. The van der Waals surface area contributed by atoms with E-state index in [1.807, 2.05) is 18.2 Å². The topological polar surface area (TPSA) is 47.6 Å². The fourth-order valence-corrected chi connectivity index (χ4v) is 2.05. The molecular formula is C13H17NO3. The highest BCUT2D eigenvalue weighted by Gasteiger charge is 2.21. The number of methoxy groups -OCH3 is 1. The van der Waals surface area contributed by atoms with Crippen LogP contribution in [-0.2, 0) is 4.79 Å². The lowest BCUT2D eigenvalue weighted by Crippen LogP contribution is -2.28. The maximum absolute atomic E-state index is 10.9. The van der Waals surface area contributed by atoms with Crippen LogP contribution in [0.4, 0.5) is 0 Å². The largest absolute Gasteiger partial charge is 0.497 e. The molecule has 0 saturated heterocycles. The fourth-order valence-electron chi connectivity index (χ4n) is 2.05. The standard InChI is InChI=1S/C13H17NO3/c1-9(15)14-8-10-5-6-17-13-7-11(16-2)3-4-12(10)13/h3-4,7,10H,5-6,8H2,1-2H3,(H,14,15). The molecule has 1 aromatic rings. The average Bonchev–Trinajstić information content (AvgIpc) is 2.35. The summed E-state index contributed by atoms with van der Waals surface area (Å²) in [5, 5.41) is 2.86. The van der Waals surface area contributed by atoms with Crippen molar-refractivity contribution in [2.75, 3.05) is 20.3 Å². The predicted molar refractivity (Wildman–Crippen MR) is 64.5 cm³/mol. The van der Waals surface area contributed by atoms with Crippen LogP contribution in [0.15, 0.2) is 18.2 Å². The van der Waals surface area contributed by atoms with Gasteiger partial charge in [-0.15, -0.1) is 0 Å². The Balaban J connectivity index is 2.16. The van der Waals surface area contributed by atoms with E-state index in [1.165, 1.54) is 6.92 Å². The van der Waals surface area contributed by atoms with E-state index >= 15 is 0 Å².